The third-order valence-electron chi connectivity index (χ3n) is 1.35. The monoisotopic (exact) mass is 138 g/mol. The number of hydrogen-bond acceptors (Lipinski definition) is 0. The third kappa shape index (κ3) is 4.37. The molecule has 0 heterocycles. The normalized spacial score (nSPS) is 11.4. The van der Waals surface area contributed by atoms with E-state index in [0.29, 0.717) is 0 Å². The lowest BCUT2D eigenvalue weighted by molar-refractivity contribution is 1.09. The third-order valence-corrected chi connectivity index (χ3v) is 1.35. The lowest BCUT2D eigenvalue weighted by atomic mass is 10.1. The molecule has 10 heavy (non-hydrogen) atoms. The van der Waals surface area contributed by atoms with E-state index < -0.39 is 0 Å². The Morgan fingerprint density at radius 1 is 1.20 bits per heavy atom. The Kier molecular flexibility index (Phi) is 5.00. The molecule has 0 aromatic rings. The van der Waals surface area contributed by atoms with E-state index in [2.05, 4.69) is 39.8 Å². The van der Waals surface area contributed by atoms with Gasteiger partial charge in [0.25, 0.3) is 0 Å². The molecule has 0 nitrogen and oxygen atoms in total. The van der Waals surface area contributed by atoms with Gasteiger partial charge in [-0.2, -0.15) is 0 Å². The van der Waals surface area contributed by atoms with Crippen molar-refractivity contribution in [3.63, 3.8) is 0 Å². The molecule has 0 atom stereocenters. The van der Waals surface area contributed by atoms with Crippen LogP contribution in [0.25, 0.3) is 0 Å². The molecule has 0 saturated carbocycles. The minimum atomic E-state index is 1.15. The summed E-state index contributed by atoms with van der Waals surface area (Å²) in [7, 11) is 0. The topological polar surface area (TPSA) is 0 Å². The van der Waals surface area contributed by atoms with E-state index in [4.69, 9.17) is 0 Å². The molecular weight excluding hydrogens is 120 g/mol. The molecule has 0 aliphatic heterocycles. The Hall–Kier alpha value is -0.520. The van der Waals surface area contributed by atoms with E-state index in [9.17, 15) is 0 Å². The molecule has 0 radical (unpaired) electrons. The summed E-state index contributed by atoms with van der Waals surface area (Å²) >= 11 is 0. The summed E-state index contributed by atoms with van der Waals surface area (Å²) in [6, 6.07) is 0. The van der Waals surface area contributed by atoms with Gasteiger partial charge in [0.15, 0.2) is 0 Å². The van der Waals surface area contributed by atoms with Crippen molar-refractivity contribution in [3.8, 4) is 0 Å². The van der Waals surface area contributed by atoms with Crippen LogP contribution in [0.4, 0.5) is 0 Å². The van der Waals surface area contributed by atoms with Crippen molar-refractivity contribution in [1.82, 2.24) is 0 Å². The molecule has 0 aromatic heterocycles. The molecule has 0 saturated heterocycles. The molecule has 0 aliphatic rings. The fraction of sp³-hybridized carbons (Fsp3) is 0.600. The zero-order valence-corrected chi connectivity index (χ0v) is 7.57. The van der Waals surface area contributed by atoms with E-state index in [-0.39, 0.29) is 0 Å². The second-order valence-corrected chi connectivity index (χ2v) is 2.76. The first-order chi connectivity index (χ1) is 4.70. The first-order valence-electron chi connectivity index (χ1n) is 4.04. The van der Waals surface area contributed by atoms with Gasteiger partial charge in [-0.3, -0.25) is 0 Å². The van der Waals surface area contributed by atoms with Crippen molar-refractivity contribution in [2.75, 3.05) is 0 Å². The van der Waals surface area contributed by atoms with Gasteiger partial charge in [-0.25, -0.2) is 0 Å². The highest BCUT2D eigenvalue weighted by Gasteiger charge is 1.86. The van der Waals surface area contributed by atoms with Gasteiger partial charge in [-0.1, -0.05) is 37.1 Å². The van der Waals surface area contributed by atoms with Crippen molar-refractivity contribution < 1.29 is 0 Å². The van der Waals surface area contributed by atoms with Gasteiger partial charge >= 0.3 is 0 Å². The van der Waals surface area contributed by atoms with E-state index in [1.807, 2.05) is 0 Å². The highest BCUT2D eigenvalue weighted by molar-refractivity contribution is 5.21. The Morgan fingerprint density at radius 3 is 2.10 bits per heavy atom. The molecule has 58 valence electrons. The van der Waals surface area contributed by atoms with Crippen LogP contribution >= 0.6 is 0 Å². The number of allylic oxidation sites excluding steroid dienone is 4. The molecule has 0 unspecified atom stereocenters. The van der Waals surface area contributed by atoms with Gasteiger partial charge in [0.05, 0.1) is 0 Å². The van der Waals surface area contributed by atoms with Crippen molar-refractivity contribution in [2.45, 2.75) is 40.5 Å². The van der Waals surface area contributed by atoms with E-state index in [0.717, 1.165) is 12.8 Å². The van der Waals surface area contributed by atoms with Gasteiger partial charge < -0.3 is 0 Å². The van der Waals surface area contributed by atoms with Gasteiger partial charge in [0.1, 0.15) is 0 Å². The first-order valence-corrected chi connectivity index (χ1v) is 4.04. The van der Waals surface area contributed by atoms with Crippen LogP contribution in [0.5, 0.6) is 0 Å². The van der Waals surface area contributed by atoms with Crippen molar-refractivity contribution in [2.24, 2.45) is 0 Å². The van der Waals surface area contributed by atoms with Crippen molar-refractivity contribution >= 4 is 0 Å². The zero-order valence-electron chi connectivity index (χ0n) is 7.57. The standard InChI is InChI=1S/C10H18/c1-5-7-10(6-2)8-9(3)4/h7-8H,5-6H2,1-4H3/b10-7-. The molecule has 0 amide bonds. The van der Waals surface area contributed by atoms with Crippen LogP contribution in [0.3, 0.4) is 0 Å². The average molecular weight is 138 g/mol. The quantitative estimate of drug-likeness (QED) is 0.522. The van der Waals surface area contributed by atoms with Crippen LogP contribution in [0, 0.1) is 0 Å². The number of hydrogen-bond donors (Lipinski definition) is 0. The molecule has 0 rings (SSSR count). The van der Waals surface area contributed by atoms with Crippen LogP contribution in [-0.2, 0) is 0 Å². The van der Waals surface area contributed by atoms with Gasteiger partial charge in [-0.05, 0) is 26.7 Å². The lowest BCUT2D eigenvalue weighted by Crippen LogP contribution is -1.75. The maximum atomic E-state index is 2.28. The van der Waals surface area contributed by atoms with Crippen LogP contribution in [0.15, 0.2) is 23.3 Å². The first kappa shape index (κ1) is 9.48. The van der Waals surface area contributed by atoms with Gasteiger partial charge in [-0.15, -0.1) is 0 Å². The van der Waals surface area contributed by atoms with Crippen molar-refractivity contribution in [1.29, 1.82) is 0 Å². The largest absolute Gasteiger partial charge is 0.0816 e. The summed E-state index contributed by atoms with van der Waals surface area (Å²) < 4.78 is 0. The second kappa shape index (κ2) is 5.28. The van der Waals surface area contributed by atoms with Crippen molar-refractivity contribution in [3.05, 3.63) is 23.3 Å². The van der Waals surface area contributed by atoms with Crippen LogP contribution < -0.4 is 0 Å². The minimum absolute atomic E-state index is 1.15. The summed E-state index contributed by atoms with van der Waals surface area (Å²) in [6.45, 7) is 8.65. The molecule has 0 spiro atoms. The molecular formula is C10H18. The molecule has 0 aromatic carbocycles. The Labute approximate surface area is 64.6 Å². The average Bonchev–Trinajstić information content (AvgIpc) is 1.86. The SMILES string of the molecule is CC/C=C(\C=C(C)C)CC. The molecule has 0 aliphatic carbocycles. The summed E-state index contributed by atoms with van der Waals surface area (Å²) in [5.74, 6) is 0. The Balaban J connectivity index is 4.09. The zero-order chi connectivity index (χ0) is 7.98. The number of rotatable bonds is 3. The lowest BCUT2D eigenvalue weighted by Gasteiger charge is -1.96. The summed E-state index contributed by atoms with van der Waals surface area (Å²) in [6.07, 6.45) is 6.84. The highest BCUT2D eigenvalue weighted by atomic mass is 13.9. The Bertz CT molecular complexity index is 134. The van der Waals surface area contributed by atoms with E-state index in [1.54, 1.807) is 0 Å². The molecule has 0 bridgehead atoms. The highest BCUT2D eigenvalue weighted by Crippen LogP contribution is 2.06. The maximum Gasteiger partial charge on any atom is -0.0311 e. The smallest absolute Gasteiger partial charge is 0.0311 e. The fourth-order valence-electron chi connectivity index (χ4n) is 0.938. The van der Waals surface area contributed by atoms with Crippen LogP contribution in [-0.4, -0.2) is 0 Å². The van der Waals surface area contributed by atoms with Crippen LogP contribution in [0.2, 0.25) is 0 Å². The van der Waals surface area contributed by atoms with E-state index in [1.165, 1.54) is 11.1 Å². The summed E-state index contributed by atoms with van der Waals surface area (Å²) in [5, 5.41) is 0. The predicted molar refractivity (Wildman–Crippen MR) is 48.1 cm³/mol. The maximum absolute atomic E-state index is 2.28. The molecule has 0 heteroatoms. The van der Waals surface area contributed by atoms with Gasteiger partial charge in [0.2, 0.25) is 0 Å². The van der Waals surface area contributed by atoms with Crippen LogP contribution in [0.1, 0.15) is 40.5 Å². The minimum Gasteiger partial charge on any atom is -0.0816 e. The summed E-state index contributed by atoms with van der Waals surface area (Å²) in [4.78, 5) is 0. The predicted octanol–water partition coefficient (Wildman–Crippen LogP) is 3.70. The van der Waals surface area contributed by atoms with E-state index >= 15 is 0 Å². The molecule has 0 N–H and O–H groups in total. The second-order valence-electron chi connectivity index (χ2n) is 2.76. The van der Waals surface area contributed by atoms with Gasteiger partial charge in [0, 0.05) is 0 Å². The summed E-state index contributed by atoms with van der Waals surface area (Å²) in [5.41, 5.74) is 2.85. The molecule has 0 fully saturated rings. The Morgan fingerprint density at radius 2 is 1.80 bits per heavy atom. The fourth-order valence-corrected chi connectivity index (χ4v) is 0.938.